The minimum atomic E-state index is 0.0144. The van der Waals surface area contributed by atoms with Crippen LogP contribution < -0.4 is 5.32 Å². The average molecular weight is 253 g/mol. The van der Waals surface area contributed by atoms with Gasteiger partial charge >= 0.3 is 0 Å². The fraction of sp³-hybridized carbons (Fsp3) is 0.667. The van der Waals surface area contributed by atoms with Gasteiger partial charge in [0.15, 0.2) is 5.78 Å². The van der Waals surface area contributed by atoms with Gasteiger partial charge in [0, 0.05) is 37.0 Å². The van der Waals surface area contributed by atoms with E-state index in [2.05, 4.69) is 21.8 Å². The summed E-state index contributed by atoms with van der Waals surface area (Å²) in [6.45, 7) is 4.00. The van der Waals surface area contributed by atoms with E-state index in [0.29, 0.717) is 6.42 Å². The second-order valence-corrected chi connectivity index (χ2v) is 5.41. The zero-order valence-electron chi connectivity index (χ0n) is 10.2. The molecule has 17 heavy (non-hydrogen) atoms. The third-order valence-corrected chi connectivity index (χ3v) is 3.97. The standard InChI is InChI=1S/C12H19N3OS/c1-2-5-15-6-3-14-12(15)8-11(16)10-9-17-7-4-13-10/h3,6,10,13H,2,4-5,7-9H2,1H3. The molecular formula is C12H19N3OS. The van der Waals surface area contributed by atoms with Crippen LogP contribution in [-0.4, -0.2) is 39.4 Å². The molecule has 0 bridgehead atoms. The van der Waals surface area contributed by atoms with Crippen LogP contribution in [0.15, 0.2) is 12.4 Å². The summed E-state index contributed by atoms with van der Waals surface area (Å²) in [6, 6.07) is 0.0144. The smallest absolute Gasteiger partial charge is 0.158 e. The van der Waals surface area contributed by atoms with Crippen molar-refractivity contribution in [3.8, 4) is 0 Å². The molecule has 94 valence electrons. The molecule has 0 amide bonds. The zero-order chi connectivity index (χ0) is 12.1. The minimum Gasteiger partial charge on any atom is -0.335 e. The van der Waals surface area contributed by atoms with Gasteiger partial charge in [0.25, 0.3) is 0 Å². The van der Waals surface area contributed by atoms with Crippen LogP contribution in [0.1, 0.15) is 19.2 Å². The molecule has 5 heteroatoms. The number of ketones is 1. The lowest BCUT2D eigenvalue weighted by atomic mass is 10.1. The van der Waals surface area contributed by atoms with Gasteiger partial charge in [-0.2, -0.15) is 11.8 Å². The molecule has 0 saturated carbocycles. The lowest BCUT2D eigenvalue weighted by Crippen LogP contribution is -2.44. The van der Waals surface area contributed by atoms with E-state index in [4.69, 9.17) is 0 Å². The molecule has 1 aliphatic rings. The van der Waals surface area contributed by atoms with E-state index in [1.54, 1.807) is 6.20 Å². The summed E-state index contributed by atoms with van der Waals surface area (Å²) in [4.78, 5) is 16.4. The van der Waals surface area contributed by atoms with E-state index in [1.807, 2.05) is 18.0 Å². The average Bonchev–Trinajstić information content (AvgIpc) is 2.78. The first-order valence-electron chi connectivity index (χ1n) is 6.15. The van der Waals surface area contributed by atoms with Gasteiger partial charge < -0.3 is 9.88 Å². The SMILES string of the molecule is CCCn1ccnc1CC(=O)C1CSCCN1. The second-order valence-electron chi connectivity index (χ2n) is 4.26. The first kappa shape index (κ1) is 12.6. The van der Waals surface area contributed by atoms with Gasteiger partial charge in [0.1, 0.15) is 5.82 Å². The Bertz CT molecular complexity index is 372. The molecule has 0 aliphatic carbocycles. The van der Waals surface area contributed by atoms with E-state index < -0.39 is 0 Å². The van der Waals surface area contributed by atoms with Gasteiger partial charge in [-0.25, -0.2) is 4.98 Å². The summed E-state index contributed by atoms with van der Waals surface area (Å²) in [5.41, 5.74) is 0. The largest absolute Gasteiger partial charge is 0.335 e. The number of Topliss-reactive ketones (excluding diaryl/α,β-unsaturated/α-hetero) is 1. The normalized spacial score (nSPS) is 20.4. The number of carbonyl (C=O) groups excluding carboxylic acids is 1. The molecule has 1 aromatic heterocycles. The topological polar surface area (TPSA) is 46.9 Å². The second kappa shape index (κ2) is 6.21. The predicted molar refractivity (Wildman–Crippen MR) is 70.3 cm³/mol. The van der Waals surface area contributed by atoms with Crippen LogP contribution in [0.5, 0.6) is 0 Å². The fourth-order valence-corrected chi connectivity index (χ4v) is 2.97. The van der Waals surface area contributed by atoms with Gasteiger partial charge in [-0.3, -0.25) is 4.79 Å². The van der Waals surface area contributed by atoms with Crippen LogP contribution in [0.25, 0.3) is 0 Å². The first-order valence-corrected chi connectivity index (χ1v) is 7.30. The van der Waals surface area contributed by atoms with Crippen molar-refractivity contribution in [2.75, 3.05) is 18.1 Å². The monoisotopic (exact) mass is 253 g/mol. The summed E-state index contributed by atoms with van der Waals surface area (Å²) in [6.07, 6.45) is 5.25. The van der Waals surface area contributed by atoms with Gasteiger partial charge in [0.2, 0.25) is 0 Å². The molecule has 0 radical (unpaired) electrons. The number of nitrogens with zero attached hydrogens (tertiary/aromatic N) is 2. The Morgan fingerprint density at radius 2 is 2.59 bits per heavy atom. The molecule has 2 heterocycles. The molecule has 1 aliphatic heterocycles. The van der Waals surface area contributed by atoms with Crippen molar-refractivity contribution in [1.29, 1.82) is 0 Å². The van der Waals surface area contributed by atoms with Gasteiger partial charge in [-0.15, -0.1) is 0 Å². The van der Waals surface area contributed by atoms with Crippen LogP contribution in [0.2, 0.25) is 0 Å². The number of imidazole rings is 1. The molecule has 0 spiro atoms. The third kappa shape index (κ3) is 3.33. The lowest BCUT2D eigenvalue weighted by Gasteiger charge is -2.21. The van der Waals surface area contributed by atoms with Crippen LogP contribution in [-0.2, 0) is 17.8 Å². The number of rotatable bonds is 5. The Morgan fingerprint density at radius 3 is 3.29 bits per heavy atom. The van der Waals surface area contributed by atoms with Crippen LogP contribution >= 0.6 is 11.8 Å². The Hall–Kier alpha value is -0.810. The van der Waals surface area contributed by atoms with E-state index in [9.17, 15) is 4.79 Å². The predicted octanol–water partition coefficient (Wildman–Crippen LogP) is 1.11. The van der Waals surface area contributed by atoms with E-state index >= 15 is 0 Å². The number of hydrogen-bond acceptors (Lipinski definition) is 4. The minimum absolute atomic E-state index is 0.0144. The van der Waals surface area contributed by atoms with Crippen molar-refractivity contribution in [3.05, 3.63) is 18.2 Å². The molecule has 1 saturated heterocycles. The highest BCUT2D eigenvalue weighted by Crippen LogP contribution is 2.10. The molecular weight excluding hydrogens is 234 g/mol. The fourth-order valence-electron chi connectivity index (χ4n) is 2.00. The summed E-state index contributed by atoms with van der Waals surface area (Å²) >= 11 is 1.85. The van der Waals surface area contributed by atoms with Crippen LogP contribution in [0, 0.1) is 0 Å². The lowest BCUT2D eigenvalue weighted by molar-refractivity contribution is -0.120. The van der Waals surface area contributed by atoms with E-state index in [1.165, 1.54) is 0 Å². The first-order chi connectivity index (χ1) is 8.31. The highest BCUT2D eigenvalue weighted by molar-refractivity contribution is 7.99. The molecule has 1 atom stereocenters. The molecule has 1 N–H and O–H groups in total. The molecule has 1 fully saturated rings. The third-order valence-electron chi connectivity index (χ3n) is 2.91. The van der Waals surface area contributed by atoms with Gasteiger partial charge in [0.05, 0.1) is 12.5 Å². The summed E-state index contributed by atoms with van der Waals surface area (Å²) in [5.74, 6) is 3.16. The summed E-state index contributed by atoms with van der Waals surface area (Å²) < 4.78 is 2.08. The highest BCUT2D eigenvalue weighted by Gasteiger charge is 2.22. The number of carbonyl (C=O) groups is 1. The van der Waals surface area contributed by atoms with E-state index in [-0.39, 0.29) is 11.8 Å². The number of aryl methyl sites for hydroxylation is 1. The quantitative estimate of drug-likeness (QED) is 0.854. The van der Waals surface area contributed by atoms with Crippen molar-refractivity contribution in [2.24, 2.45) is 0 Å². The molecule has 1 unspecified atom stereocenters. The maximum atomic E-state index is 12.1. The number of aromatic nitrogens is 2. The summed E-state index contributed by atoms with van der Waals surface area (Å²) in [7, 11) is 0. The molecule has 4 nitrogen and oxygen atoms in total. The molecule has 1 aromatic rings. The van der Waals surface area contributed by atoms with Gasteiger partial charge in [-0.05, 0) is 6.42 Å². The highest BCUT2D eigenvalue weighted by atomic mass is 32.2. The van der Waals surface area contributed by atoms with Gasteiger partial charge in [-0.1, -0.05) is 6.92 Å². The van der Waals surface area contributed by atoms with Crippen molar-refractivity contribution in [2.45, 2.75) is 32.4 Å². The number of thioether (sulfide) groups is 1. The zero-order valence-corrected chi connectivity index (χ0v) is 11.0. The Morgan fingerprint density at radius 1 is 1.71 bits per heavy atom. The number of hydrogen-bond donors (Lipinski definition) is 1. The van der Waals surface area contributed by atoms with E-state index in [0.717, 1.165) is 36.8 Å². The molecule has 2 rings (SSSR count). The van der Waals surface area contributed by atoms with Crippen LogP contribution in [0.4, 0.5) is 0 Å². The van der Waals surface area contributed by atoms with Crippen molar-refractivity contribution < 1.29 is 4.79 Å². The summed E-state index contributed by atoms with van der Waals surface area (Å²) in [5, 5.41) is 3.28. The molecule has 0 aromatic carbocycles. The maximum Gasteiger partial charge on any atom is 0.158 e. The van der Waals surface area contributed by atoms with Crippen molar-refractivity contribution in [3.63, 3.8) is 0 Å². The Kier molecular flexibility index (Phi) is 4.62. The number of nitrogens with one attached hydrogen (secondary N) is 1. The van der Waals surface area contributed by atoms with Crippen molar-refractivity contribution in [1.82, 2.24) is 14.9 Å². The van der Waals surface area contributed by atoms with Crippen LogP contribution in [0.3, 0.4) is 0 Å². The maximum absolute atomic E-state index is 12.1. The Balaban J connectivity index is 1.94. The van der Waals surface area contributed by atoms with Crippen molar-refractivity contribution >= 4 is 17.5 Å². The Labute approximate surface area is 106 Å².